The van der Waals surface area contributed by atoms with E-state index in [0.717, 1.165) is 37.4 Å². The summed E-state index contributed by atoms with van der Waals surface area (Å²) < 4.78 is 20.3. The summed E-state index contributed by atoms with van der Waals surface area (Å²) in [6.45, 7) is 6.20. The van der Waals surface area contributed by atoms with Crippen LogP contribution >= 0.6 is 11.6 Å². The number of aliphatic hydroxyl groups excluding tert-OH is 1. The van der Waals surface area contributed by atoms with Gasteiger partial charge in [-0.25, -0.2) is 19.3 Å². The minimum atomic E-state index is -0.490. The standard InChI is InChI=1S/C22H25ClFN5O2/c1-13-14(2)26-21-20(25-13)19(17-4-3-16(23)11-18(17)24)27-22(28-21)29(8-9-30)7-5-15-6-10-31-12-15/h3-4,11,15,30H,5-10,12H2,1-2H3. The Morgan fingerprint density at radius 2 is 1.97 bits per heavy atom. The van der Waals surface area contributed by atoms with Crippen LogP contribution in [0.1, 0.15) is 24.2 Å². The first-order valence-electron chi connectivity index (χ1n) is 10.4. The highest BCUT2D eigenvalue weighted by molar-refractivity contribution is 6.30. The number of aromatic nitrogens is 4. The first-order valence-corrected chi connectivity index (χ1v) is 10.8. The number of nitrogens with zero attached hydrogens (tertiary/aromatic N) is 5. The van der Waals surface area contributed by atoms with Crippen molar-refractivity contribution >= 4 is 28.7 Å². The number of benzene rings is 1. The number of aliphatic hydroxyl groups is 1. The summed E-state index contributed by atoms with van der Waals surface area (Å²) in [5, 5.41) is 9.92. The molecule has 0 spiro atoms. The normalized spacial score (nSPS) is 16.2. The Morgan fingerprint density at radius 1 is 1.16 bits per heavy atom. The zero-order chi connectivity index (χ0) is 22.0. The molecule has 31 heavy (non-hydrogen) atoms. The molecule has 0 aliphatic carbocycles. The second-order valence-electron chi connectivity index (χ2n) is 7.79. The van der Waals surface area contributed by atoms with Crippen molar-refractivity contribution in [3.63, 3.8) is 0 Å². The third-order valence-electron chi connectivity index (χ3n) is 5.60. The fourth-order valence-corrected chi connectivity index (χ4v) is 3.85. The molecular formula is C22H25ClFN5O2. The molecule has 1 atom stereocenters. The molecule has 164 valence electrons. The van der Waals surface area contributed by atoms with Gasteiger partial charge in [0.15, 0.2) is 5.65 Å². The van der Waals surface area contributed by atoms with E-state index in [2.05, 4.69) is 19.9 Å². The van der Waals surface area contributed by atoms with E-state index in [1.54, 1.807) is 12.1 Å². The number of aryl methyl sites for hydroxylation is 2. The smallest absolute Gasteiger partial charge is 0.228 e. The first kappa shape index (κ1) is 21.8. The number of ether oxygens (including phenoxy) is 1. The van der Waals surface area contributed by atoms with E-state index < -0.39 is 5.82 Å². The first-order chi connectivity index (χ1) is 15.0. The van der Waals surface area contributed by atoms with Gasteiger partial charge in [-0.15, -0.1) is 0 Å². The van der Waals surface area contributed by atoms with Crippen LogP contribution in [0.2, 0.25) is 5.02 Å². The van der Waals surface area contributed by atoms with Crippen LogP contribution in [0.3, 0.4) is 0 Å². The lowest BCUT2D eigenvalue weighted by molar-refractivity contribution is 0.184. The van der Waals surface area contributed by atoms with E-state index in [9.17, 15) is 9.50 Å². The molecule has 7 nitrogen and oxygen atoms in total. The molecule has 4 rings (SSSR count). The molecule has 9 heteroatoms. The third-order valence-corrected chi connectivity index (χ3v) is 5.84. The Labute approximate surface area is 185 Å². The maximum Gasteiger partial charge on any atom is 0.228 e. The molecule has 1 aromatic carbocycles. The predicted molar refractivity (Wildman–Crippen MR) is 118 cm³/mol. The number of halogens is 2. The molecule has 0 radical (unpaired) electrons. The summed E-state index contributed by atoms with van der Waals surface area (Å²) in [6, 6.07) is 4.46. The van der Waals surface area contributed by atoms with Crippen LogP contribution in [0.25, 0.3) is 22.4 Å². The van der Waals surface area contributed by atoms with Crippen molar-refractivity contribution in [3.05, 3.63) is 40.4 Å². The quantitative estimate of drug-likeness (QED) is 0.593. The highest BCUT2D eigenvalue weighted by Gasteiger charge is 2.22. The van der Waals surface area contributed by atoms with Gasteiger partial charge in [-0.2, -0.15) is 4.98 Å². The monoisotopic (exact) mass is 445 g/mol. The summed E-state index contributed by atoms with van der Waals surface area (Å²) in [5.74, 6) is 0.372. The Kier molecular flexibility index (Phi) is 6.60. The van der Waals surface area contributed by atoms with Crippen LogP contribution < -0.4 is 4.90 Å². The summed E-state index contributed by atoms with van der Waals surface area (Å²) in [5.41, 5.74) is 2.94. The van der Waals surface area contributed by atoms with Gasteiger partial charge in [0.1, 0.15) is 17.0 Å². The highest BCUT2D eigenvalue weighted by Crippen LogP contribution is 2.30. The number of fused-ring (bicyclic) bond motifs is 1. The molecule has 1 N–H and O–H groups in total. The van der Waals surface area contributed by atoms with E-state index in [1.807, 2.05) is 18.7 Å². The average molecular weight is 446 g/mol. The minimum absolute atomic E-state index is 0.0498. The lowest BCUT2D eigenvalue weighted by atomic mass is 10.1. The summed E-state index contributed by atoms with van der Waals surface area (Å²) in [4.78, 5) is 20.4. The Morgan fingerprint density at radius 3 is 2.68 bits per heavy atom. The number of hydrogen-bond acceptors (Lipinski definition) is 7. The van der Waals surface area contributed by atoms with Gasteiger partial charge >= 0.3 is 0 Å². The van der Waals surface area contributed by atoms with Crippen molar-refractivity contribution in [2.45, 2.75) is 26.7 Å². The molecule has 3 aromatic rings. The van der Waals surface area contributed by atoms with Crippen molar-refractivity contribution in [2.24, 2.45) is 5.92 Å². The second kappa shape index (κ2) is 9.38. The molecule has 1 saturated heterocycles. The van der Waals surface area contributed by atoms with E-state index in [4.69, 9.17) is 16.3 Å². The topological polar surface area (TPSA) is 84.3 Å². The van der Waals surface area contributed by atoms with Crippen LogP contribution in [0.5, 0.6) is 0 Å². The average Bonchev–Trinajstić information content (AvgIpc) is 3.25. The maximum absolute atomic E-state index is 14.8. The lowest BCUT2D eigenvalue weighted by Crippen LogP contribution is -2.31. The SMILES string of the molecule is Cc1nc2nc(N(CCO)CCC3CCOC3)nc(-c3ccc(Cl)cc3F)c2nc1C. The van der Waals surface area contributed by atoms with Gasteiger partial charge in [0, 0.05) is 36.9 Å². The van der Waals surface area contributed by atoms with Gasteiger partial charge in [0.05, 0.1) is 18.0 Å². The number of hydrogen-bond donors (Lipinski definition) is 1. The van der Waals surface area contributed by atoms with E-state index in [-0.39, 0.29) is 12.2 Å². The van der Waals surface area contributed by atoms with Crippen LogP contribution in [-0.2, 0) is 4.74 Å². The van der Waals surface area contributed by atoms with Gasteiger partial charge in [-0.3, -0.25) is 0 Å². The van der Waals surface area contributed by atoms with Gasteiger partial charge < -0.3 is 14.7 Å². The van der Waals surface area contributed by atoms with Crippen molar-refractivity contribution in [1.82, 2.24) is 19.9 Å². The minimum Gasteiger partial charge on any atom is -0.395 e. The van der Waals surface area contributed by atoms with E-state index >= 15 is 0 Å². The van der Waals surface area contributed by atoms with Gasteiger partial charge in [0.2, 0.25) is 5.95 Å². The largest absolute Gasteiger partial charge is 0.395 e. The van der Waals surface area contributed by atoms with Gasteiger partial charge in [-0.1, -0.05) is 11.6 Å². The van der Waals surface area contributed by atoms with E-state index in [0.29, 0.717) is 46.8 Å². The van der Waals surface area contributed by atoms with Crippen LogP contribution in [0, 0.1) is 25.6 Å². The molecule has 1 aliphatic rings. The Hall–Kier alpha value is -2.42. The molecule has 0 amide bonds. The second-order valence-corrected chi connectivity index (χ2v) is 8.23. The fourth-order valence-electron chi connectivity index (χ4n) is 3.69. The van der Waals surface area contributed by atoms with E-state index in [1.165, 1.54) is 6.07 Å². The molecule has 3 heterocycles. The zero-order valence-electron chi connectivity index (χ0n) is 17.6. The summed E-state index contributed by atoms with van der Waals surface area (Å²) >= 11 is 5.95. The van der Waals surface area contributed by atoms with Crippen LogP contribution in [-0.4, -0.2) is 58.0 Å². The lowest BCUT2D eigenvalue weighted by Gasteiger charge is -2.24. The predicted octanol–water partition coefficient (Wildman–Crippen LogP) is 3.72. The summed E-state index contributed by atoms with van der Waals surface area (Å²) in [6.07, 6.45) is 1.92. The van der Waals surface area contributed by atoms with Gasteiger partial charge in [-0.05, 0) is 50.8 Å². The third kappa shape index (κ3) is 4.76. The molecule has 1 unspecified atom stereocenters. The molecule has 1 fully saturated rings. The maximum atomic E-state index is 14.8. The Bertz CT molecular complexity index is 1090. The van der Waals surface area contributed by atoms with Crippen LogP contribution in [0.4, 0.5) is 10.3 Å². The molecular weight excluding hydrogens is 421 g/mol. The number of anilines is 1. The molecule has 2 aromatic heterocycles. The van der Waals surface area contributed by atoms with Crippen molar-refractivity contribution in [1.29, 1.82) is 0 Å². The number of rotatable bonds is 7. The molecule has 1 aliphatic heterocycles. The highest BCUT2D eigenvalue weighted by atomic mass is 35.5. The van der Waals surface area contributed by atoms with Crippen molar-refractivity contribution in [2.75, 3.05) is 37.8 Å². The fraction of sp³-hybridized carbons (Fsp3) is 0.455. The van der Waals surface area contributed by atoms with Crippen LogP contribution in [0.15, 0.2) is 18.2 Å². The zero-order valence-corrected chi connectivity index (χ0v) is 18.4. The Balaban J connectivity index is 1.81. The van der Waals surface area contributed by atoms with Crippen molar-refractivity contribution in [3.8, 4) is 11.3 Å². The molecule has 0 bridgehead atoms. The van der Waals surface area contributed by atoms with Crippen molar-refractivity contribution < 1.29 is 14.2 Å². The summed E-state index contributed by atoms with van der Waals surface area (Å²) in [7, 11) is 0. The van der Waals surface area contributed by atoms with Gasteiger partial charge in [0.25, 0.3) is 0 Å². The molecule has 0 saturated carbocycles.